The van der Waals surface area contributed by atoms with Gasteiger partial charge in [0.05, 0.1) is 25.4 Å². The first kappa shape index (κ1) is 23.8. The van der Waals surface area contributed by atoms with Gasteiger partial charge >= 0.3 is 0 Å². The molecule has 0 aromatic heterocycles. The largest absolute Gasteiger partial charge is 0.396 e. The van der Waals surface area contributed by atoms with Crippen molar-refractivity contribution in [1.29, 1.82) is 0 Å². The van der Waals surface area contributed by atoms with E-state index in [1.807, 2.05) is 20.8 Å². The average molecular weight is 411 g/mol. The van der Waals surface area contributed by atoms with Crippen molar-refractivity contribution in [2.45, 2.75) is 71.1 Å². The Hall–Kier alpha value is -1.44. The normalized spacial score (nSPS) is 25.1. The molecular formula is C22H38N2O5. The third-order valence-electron chi connectivity index (χ3n) is 6.19. The number of nitrogens with one attached hydrogen (secondary N) is 1. The Balaban J connectivity index is 2.04. The Labute approximate surface area is 174 Å². The highest BCUT2D eigenvalue weighted by molar-refractivity contribution is 5.88. The van der Waals surface area contributed by atoms with Crippen LogP contribution in [0.15, 0.2) is 12.2 Å². The molecule has 7 nitrogen and oxygen atoms in total. The van der Waals surface area contributed by atoms with Crippen molar-refractivity contribution in [1.82, 2.24) is 10.2 Å². The first-order valence-corrected chi connectivity index (χ1v) is 10.8. The SMILES string of the molecule is COC1CCN(C(=O)C(NC(=O)C(C)C)[C@@H](C)OCC2(CO)CC=CCC2)CC1. The molecule has 7 heteroatoms. The van der Waals surface area contributed by atoms with Crippen molar-refractivity contribution in [3.8, 4) is 0 Å². The van der Waals surface area contributed by atoms with Gasteiger partial charge in [0.25, 0.3) is 0 Å². The number of nitrogens with zero attached hydrogens (tertiary/aromatic N) is 1. The van der Waals surface area contributed by atoms with Crippen LogP contribution >= 0.6 is 0 Å². The predicted molar refractivity (Wildman–Crippen MR) is 111 cm³/mol. The molecule has 3 atom stereocenters. The molecule has 1 aliphatic heterocycles. The summed E-state index contributed by atoms with van der Waals surface area (Å²) in [5.41, 5.74) is -0.310. The fourth-order valence-corrected chi connectivity index (χ4v) is 3.88. The highest BCUT2D eigenvalue weighted by Gasteiger charge is 2.36. The van der Waals surface area contributed by atoms with Gasteiger partial charge in [0.1, 0.15) is 6.04 Å². The van der Waals surface area contributed by atoms with Crippen LogP contribution in [-0.4, -0.2) is 73.5 Å². The molecule has 1 aliphatic carbocycles. The monoisotopic (exact) mass is 410 g/mol. The van der Waals surface area contributed by atoms with Crippen LogP contribution in [-0.2, 0) is 19.1 Å². The van der Waals surface area contributed by atoms with E-state index in [1.165, 1.54) is 0 Å². The number of aliphatic hydroxyl groups is 1. The van der Waals surface area contributed by atoms with Crippen LogP contribution in [0, 0.1) is 11.3 Å². The molecule has 166 valence electrons. The van der Waals surface area contributed by atoms with Crippen LogP contribution in [0.3, 0.4) is 0 Å². The number of ether oxygens (including phenoxy) is 2. The number of amides is 2. The van der Waals surface area contributed by atoms with Crippen LogP contribution < -0.4 is 5.32 Å². The molecule has 0 spiro atoms. The van der Waals surface area contributed by atoms with E-state index in [0.717, 1.165) is 32.1 Å². The van der Waals surface area contributed by atoms with Gasteiger partial charge in [-0.2, -0.15) is 0 Å². The number of carbonyl (C=O) groups is 2. The van der Waals surface area contributed by atoms with Gasteiger partial charge in [-0.3, -0.25) is 9.59 Å². The summed E-state index contributed by atoms with van der Waals surface area (Å²) in [4.78, 5) is 27.4. The summed E-state index contributed by atoms with van der Waals surface area (Å²) in [5, 5.41) is 12.8. The van der Waals surface area contributed by atoms with Gasteiger partial charge in [-0.15, -0.1) is 0 Å². The fourth-order valence-electron chi connectivity index (χ4n) is 3.88. The zero-order valence-electron chi connectivity index (χ0n) is 18.4. The number of likely N-dealkylation sites (tertiary alicyclic amines) is 1. The molecule has 0 aromatic rings. The lowest BCUT2D eigenvalue weighted by molar-refractivity contribution is -0.144. The van der Waals surface area contributed by atoms with Crippen molar-refractivity contribution in [2.24, 2.45) is 11.3 Å². The molecule has 2 amide bonds. The van der Waals surface area contributed by atoms with E-state index in [4.69, 9.17) is 9.47 Å². The third-order valence-corrected chi connectivity index (χ3v) is 6.19. The second-order valence-electron chi connectivity index (χ2n) is 8.79. The summed E-state index contributed by atoms with van der Waals surface area (Å²) in [6, 6.07) is -0.737. The first-order valence-electron chi connectivity index (χ1n) is 10.8. The van der Waals surface area contributed by atoms with Crippen LogP contribution in [0.1, 0.15) is 52.9 Å². The molecule has 1 heterocycles. The first-order chi connectivity index (χ1) is 13.8. The molecule has 2 aliphatic rings. The molecule has 2 N–H and O–H groups in total. The molecule has 0 aromatic carbocycles. The second kappa shape index (κ2) is 11.1. The van der Waals surface area contributed by atoms with Gasteiger partial charge in [0.15, 0.2) is 0 Å². The number of aliphatic hydroxyl groups excluding tert-OH is 1. The minimum Gasteiger partial charge on any atom is -0.396 e. The standard InChI is InChI=1S/C22H38N2O5/c1-16(2)20(26)23-19(21(27)24-12-8-18(28-4)9-13-24)17(3)29-15-22(14-25)10-6-5-7-11-22/h5-6,16-19,25H,7-15H2,1-4H3,(H,23,26)/t17-,19?,22?/m1/s1. The summed E-state index contributed by atoms with van der Waals surface area (Å²) in [6.07, 6.45) is 8.02. The second-order valence-corrected chi connectivity index (χ2v) is 8.79. The molecule has 0 bridgehead atoms. The Bertz CT molecular complexity index is 572. The number of carbonyl (C=O) groups excluding carboxylic acids is 2. The van der Waals surface area contributed by atoms with Crippen molar-refractivity contribution in [2.75, 3.05) is 33.4 Å². The number of rotatable bonds is 9. The summed E-state index contributed by atoms with van der Waals surface area (Å²) in [6.45, 7) is 7.08. The maximum Gasteiger partial charge on any atom is 0.247 e. The minimum absolute atomic E-state index is 0.0472. The van der Waals surface area contributed by atoms with Crippen LogP contribution in [0.2, 0.25) is 0 Å². The molecule has 2 rings (SSSR count). The number of hydrogen-bond acceptors (Lipinski definition) is 5. The van der Waals surface area contributed by atoms with Gasteiger partial charge in [0, 0.05) is 31.5 Å². The van der Waals surface area contributed by atoms with E-state index in [2.05, 4.69) is 17.5 Å². The van der Waals surface area contributed by atoms with E-state index >= 15 is 0 Å². The average Bonchev–Trinajstić information content (AvgIpc) is 2.75. The van der Waals surface area contributed by atoms with Gasteiger partial charge in [0.2, 0.25) is 11.8 Å². The zero-order chi connectivity index (χ0) is 21.4. The molecule has 2 unspecified atom stereocenters. The fraction of sp³-hybridized carbons (Fsp3) is 0.818. The van der Waals surface area contributed by atoms with Gasteiger partial charge in [-0.05, 0) is 39.0 Å². The van der Waals surface area contributed by atoms with Crippen molar-refractivity contribution >= 4 is 11.8 Å². The van der Waals surface area contributed by atoms with Crippen molar-refractivity contribution < 1.29 is 24.2 Å². The number of piperidine rings is 1. The van der Waals surface area contributed by atoms with Gasteiger partial charge in [-0.1, -0.05) is 26.0 Å². The molecule has 0 saturated carbocycles. The molecule has 1 fully saturated rings. The summed E-state index contributed by atoms with van der Waals surface area (Å²) < 4.78 is 11.5. The van der Waals surface area contributed by atoms with Crippen LogP contribution in [0.25, 0.3) is 0 Å². The summed E-state index contributed by atoms with van der Waals surface area (Å²) >= 11 is 0. The Morgan fingerprint density at radius 1 is 1.24 bits per heavy atom. The summed E-state index contributed by atoms with van der Waals surface area (Å²) in [5.74, 6) is -0.491. The highest BCUT2D eigenvalue weighted by Crippen LogP contribution is 2.33. The maximum absolute atomic E-state index is 13.2. The van der Waals surface area contributed by atoms with Crippen molar-refractivity contribution in [3.63, 3.8) is 0 Å². The highest BCUT2D eigenvalue weighted by atomic mass is 16.5. The Kier molecular flexibility index (Phi) is 9.11. The molecule has 0 radical (unpaired) electrons. The quantitative estimate of drug-likeness (QED) is 0.567. The van der Waals surface area contributed by atoms with Gasteiger partial charge in [-0.25, -0.2) is 0 Å². The lowest BCUT2D eigenvalue weighted by Gasteiger charge is -2.37. The minimum atomic E-state index is -0.737. The van der Waals surface area contributed by atoms with E-state index in [-0.39, 0.29) is 35.9 Å². The van der Waals surface area contributed by atoms with Crippen molar-refractivity contribution in [3.05, 3.63) is 12.2 Å². The number of methoxy groups -OCH3 is 1. The van der Waals surface area contributed by atoms with Gasteiger partial charge < -0.3 is 24.8 Å². The number of allylic oxidation sites excluding steroid dienone is 2. The smallest absolute Gasteiger partial charge is 0.247 e. The molecule has 29 heavy (non-hydrogen) atoms. The number of hydrogen-bond donors (Lipinski definition) is 2. The maximum atomic E-state index is 13.2. The predicted octanol–water partition coefficient (Wildman–Crippen LogP) is 1.89. The summed E-state index contributed by atoms with van der Waals surface area (Å²) in [7, 11) is 1.70. The zero-order valence-corrected chi connectivity index (χ0v) is 18.4. The van der Waals surface area contributed by atoms with E-state index in [9.17, 15) is 14.7 Å². The van der Waals surface area contributed by atoms with Crippen LogP contribution in [0.4, 0.5) is 0 Å². The van der Waals surface area contributed by atoms with E-state index in [1.54, 1.807) is 12.0 Å². The molecular weight excluding hydrogens is 372 g/mol. The lowest BCUT2D eigenvalue weighted by atomic mass is 9.78. The Morgan fingerprint density at radius 3 is 2.45 bits per heavy atom. The van der Waals surface area contributed by atoms with Crippen LogP contribution in [0.5, 0.6) is 0 Å². The Morgan fingerprint density at radius 2 is 1.93 bits per heavy atom. The topological polar surface area (TPSA) is 88.1 Å². The van der Waals surface area contributed by atoms with E-state index in [0.29, 0.717) is 19.7 Å². The lowest BCUT2D eigenvalue weighted by Crippen LogP contribution is -2.57. The third kappa shape index (κ3) is 6.52. The molecule has 1 saturated heterocycles. The van der Waals surface area contributed by atoms with E-state index < -0.39 is 12.1 Å².